The monoisotopic (exact) mass is 612 g/mol. The van der Waals surface area contributed by atoms with E-state index in [9.17, 15) is 9.59 Å². The second kappa shape index (κ2) is 16.6. The Labute approximate surface area is 267 Å². The first-order valence-corrected chi connectivity index (χ1v) is 14.5. The second-order valence-corrected chi connectivity index (χ2v) is 9.96. The zero-order valence-corrected chi connectivity index (χ0v) is 24.9. The third-order valence-electron chi connectivity index (χ3n) is 6.53. The van der Waals surface area contributed by atoms with E-state index in [1.807, 2.05) is 109 Å². The summed E-state index contributed by atoms with van der Waals surface area (Å²) in [6.07, 6.45) is 3.04. The van der Waals surface area contributed by atoms with Crippen molar-refractivity contribution in [3.63, 3.8) is 0 Å². The Kier molecular flexibility index (Phi) is 11.2. The van der Waals surface area contributed by atoms with E-state index < -0.39 is 11.8 Å². The Morgan fingerprint density at radius 3 is 1.57 bits per heavy atom. The molecule has 0 spiro atoms. The van der Waals surface area contributed by atoms with Crippen LogP contribution in [0.15, 0.2) is 144 Å². The van der Waals surface area contributed by atoms with Gasteiger partial charge in [0.15, 0.2) is 6.61 Å². The number of nitrogens with one attached hydrogen (secondary N) is 2. The lowest BCUT2D eigenvalue weighted by atomic mass is 10.2. The molecule has 0 saturated heterocycles. The fraction of sp³-hybridized carbons (Fsp3) is 0.0811. The van der Waals surface area contributed by atoms with E-state index in [1.165, 1.54) is 12.4 Å². The maximum Gasteiger partial charge on any atom is 0.277 e. The highest BCUT2D eigenvalue weighted by molar-refractivity contribution is 5.97. The first-order valence-electron chi connectivity index (χ1n) is 14.5. The van der Waals surface area contributed by atoms with Crippen LogP contribution in [0.3, 0.4) is 0 Å². The first kappa shape index (κ1) is 31.2. The van der Waals surface area contributed by atoms with Gasteiger partial charge in [-0.1, -0.05) is 72.8 Å². The quantitative estimate of drug-likeness (QED) is 0.116. The molecule has 0 fully saturated rings. The van der Waals surface area contributed by atoms with Crippen LogP contribution in [0.5, 0.6) is 17.2 Å². The molecule has 230 valence electrons. The summed E-state index contributed by atoms with van der Waals surface area (Å²) in [6, 6.07) is 41.1. The van der Waals surface area contributed by atoms with Gasteiger partial charge < -0.3 is 14.2 Å². The highest BCUT2D eigenvalue weighted by Crippen LogP contribution is 2.18. The lowest BCUT2D eigenvalue weighted by Crippen LogP contribution is -2.25. The molecule has 2 N–H and O–H groups in total. The maximum atomic E-state index is 12.8. The molecule has 0 aliphatic carbocycles. The van der Waals surface area contributed by atoms with Crippen molar-refractivity contribution in [1.82, 2.24) is 10.9 Å². The fourth-order valence-corrected chi connectivity index (χ4v) is 4.14. The summed E-state index contributed by atoms with van der Waals surface area (Å²) in [5, 5.41) is 8.03. The second-order valence-electron chi connectivity index (χ2n) is 9.96. The predicted octanol–water partition coefficient (Wildman–Crippen LogP) is 6.14. The van der Waals surface area contributed by atoms with Gasteiger partial charge in [-0.2, -0.15) is 10.2 Å². The lowest BCUT2D eigenvalue weighted by Gasteiger charge is -2.09. The van der Waals surface area contributed by atoms with E-state index in [2.05, 4.69) is 21.1 Å². The normalized spacial score (nSPS) is 10.9. The molecule has 0 heterocycles. The molecule has 0 unspecified atom stereocenters. The van der Waals surface area contributed by atoms with Crippen LogP contribution in [0.25, 0.3) is 0 Å². The summed E-state index contributed by atoms with van der Waals surface area (Å²) in [4.78, 5) is 25.1. The van der Waals surface area contributed by atoms with Gasteiger partial charge >= 0.3 is 0 Å². The first-order chi connectivity index (χ1) is 22.6. The third kappa shape index (κ3) is 9.92. The van der Waals surface area contributed by atoms with Crippen LogP contribution < -0.4 is 25.1 Å². The van der Waals surface area contributed by atoms with Gasteiger partial charge in [0.25, 0.3) is 11.8 Å². The molecule has 0 aliphatic rings. The minimum Gasteiger partial charge on any atom is -0.489 e. The summed E-state index contributed by atoms with van der Waals surface area (Å²) in [7, 11) is 0. The Bertz CT molecular complexity index is 1760. The molecule has 0 atom stereocenters. The molecular weight excluding hydrogens is 580 g/mol. The molecule has 5 aromatic rings. The molecule has 9 nitrogen and oxygen atoms in total. The Hall–Kier alpha value is -6.22. The summed E-state index contributed by atoms with van der Waals surface area (Å²) in [6.45, 7) is 0.612. The SMILES string of the molecule is O=C(COc1ccccc1C(=O)N/N=C\c1ccc(OCc2ccccc2)cc1)N/N=C/c1ccc(OCc2ccccc2)cc1. The fourth-order valence-electron chi connectivity index (χ4n) is 4.14. The zero-order chi connectivity index (χ0) is 31.8. The van der Waals surface area contributed by atoms with E-state index >= 15 is 0 Å². The topological polar surface area (TPSA) is 111 Å². The minimum atomic E-state index is -0.483. The molecule has 0 bridgehead atoms. The Morgan fingerprint density at radius 2 is 1.02 bits per heavy atom. The zero-order valence-electron chi connectivity index (χ0n) is 24.9. The van der Waals surface area contributed by atoms with Crippen LogP contribution in [0, 0.1) is 0 Å². The van der Waals surface area contributed by atoms with Crippen molar-refractivity contribution in [3.8, 4) is 17.2 Å². The molecule has 5 rings (SSSR count). The number of carbonyl (C=O) groups is 2. The molecule has 0 aromatic heterocycles. The van der Waals surface area contributed by atoms with Crippen molar-refractivity contribution < 1.29 is 23.8 Å². The van der Waals surface area contributed by atoms with Gasteiger partial charge in [-0.25, -0.2) is 10.9 Å². The number of hydrogen-bond acceptors (Lipinski definition) is 7. The molecule has 9 heteroatoms. The Morgan fingerprint density at radius 1 is 0.543 bits per heavy atom. The number of carbonyl (C=O) groups excluding carboxylic acids is 2. The maximum absolute atomic E-state index is 12.8. The van der Waals surface area contributed by atoms with Crippen LogP contribution in [-0.4, -0.2) is 30.9 Å². The van der Waals surface area contributed by atoms with Crippen molar-refractivity contribution >= 4 is 24.2 Å². The summed E-state index contributed by atoms with van der Waals surface area (Å²) < 4.78 is 17.2. The number of para-hydroxylation sites is 1. The standard InChI is InChI=1S/C37H32N4O5/c42-36(40-38-23-28-15-19-32(20-16-28)44-25-30-9-3-1-4-10-30)27-46-35-14-8-7-13-34(35)37(43)41-39-24-29-17-21-33(22-18-29)45-26-31-11-5-2-6-12-31/h1-24H,25-27H2,(H,40,42)(H,41,43)/b38-23+,39-24-. The number of benzene rings is 5. The molecule has 0 radical (unpaired) electrons. The van der Waals surface area contributed by atoms with Gasteiger partial charge in [0.1, 0.15) is 30.5 Å². The highest BCUT2D eigenvalue weighted by Gasteiger charge is 2.13. The molecule has 0 saturated carbocycles. The van der Waals surface area contributed by atoms with E-state index in [-0.39, 0.29) is 17.9 Å². The van der Waals surface area contributed by atoms with E-state index in [0.29, 0.717) is 13.2 Å². The van der Waals surface area contributed by atoms with Crippen molar-refractivity contribution in [3.05, 3.63) is 161 Å². The van der Waals surface area contributed by atoms with Gasteiger partial charge in [0.2, 0.25) is 0 Å². The molecule has 0 aliphatic heterocycles. The molecule has 5 aromatic carbocycles. The summed E-state index contributed by atoms with van der Waals surface area (Å²) in [5.41, 5.74) is 8.87. The number of nitrogens with zero attached hydrogens (tertiary/aromatic N) is 2. The smallest absolute Gasteiger partial charge is 0.277 e. The average molecular weight is 613 g/mol. The number of rotatable bonds is 14. The largest absolute Gasteiger partial charge is 0.489 e. The van der Waals surface area contributed by atoms with Crippen molar-refractivity contribution in [2.75, 3.05) is 6.61 Å². The lowest BCUT2D eigenvalue weighted by molar-refractivity contribution is -0.123. The van der Waals surface area contributed by atoms with Crippen LogP contribution in [0.4, 0.5) is 0 Å². The van der Waals surface area contributed by atoms with Crippen molar-refractivity contribution in [2.24, 2.45) is 10.2 Å². The molecule has 2 amide bonds. The van der Waals surface area contributed by atoms with E-state index in [4.69, 9.17) is 14.2 Å². The highest BCUT2D eigenvalue weighted by atomic mass is 16.5. The van der Waals surface area contributed by atoms with Crippen LogP contribution >= 0.6 is 0 Å². The number of amides is 2. The third-order valence-corrected chi connectivity index (χ3v) is 6.53. The van der Waals surface area contributed by atoms with Crippen molar-refractivity contribution in [1.29, 1.82) is 0 Å². The van der Waals surface area contributed by atoms with E-state index in [0.717, 1.165) is 33.8 Å². The van der Waals surface area contributed by atoms with Crippen molar-refractivity contribution in [2.45, 2.75) is 13.2 Å². The van der Waals surface area contributed by atoms with Crippen LogP contribution in [-0.2, 0) is 18.0 Å². The predicted molar refractivity (Wildman–Crippen MR) is 177 cm³/mol. The number of hydrogen-bond donors (Lipinski definition) is 2. The molecular formula is C37H32N4O5. The van der Waals surface area contributed by atoms with E-state index in [1.54, 1.807) is 24.3 Å². The van der Waals surface area contributed by atoms with Gasteiger partial charge in [-0.3, -0.25) is 9.59 Å². The van der Waals surface area contributed by atoms with Gasteiger partial charge in [0.05, 0.1) is 18.0 Å². The van der Waals surface area contributed by atoms with Gasteiger partial charge in [0, 0.05) is 0 Å². The average Bonchev–Trinajstić information content (AvgIpc) is 3.11. The molecule has 46 heavy (non-hydrogen) atoms. The van der Waals surface area contributed by atoms with Gasteiger partial charge in [-0.05, 0) is 82.9 Å². The summed E-state index contributed by atoms with van der Waals surface area (Å²) in [5.74, 6) is 0.726. The number of ether oxygens (including phenoxy) is 3. The van der Waals surface area contributed by atoms with Crippen LogP contribution in [0.2, 0.25) is 0 Å². The van der Waals surface area contributed by atoms with Gasteiger partial charge in [-0.15, -0.1) is 0 Å². The Balaban J connectivity index is 1.04. The van der Waals surface area contributed by atoms with Crippen LogP contribution in [0.1, 0.15) is 32.6 Å². The number of hydrazone groups is 2. The minimum absolute atomic E-state index is 0.232. The summed E-state index contributed by atoms with van der Waals surface area (Å²) >= 11 is 0.